The molecule has 1 aliphatic heterocycles. The Morgan fingerprint density at radius 3 is 2.83 bits per heavy atom. The Morgan fingerprint density at radius 1 is 1.67 bits per heavy atom. The lowest BCUT2D eigenvalue weighted by atomic mass is 10.2. The van der Waals surface area contributed by atoms with Crippen LogP contribution >= 0.6 is 12.2 Å². The van der Waals surface area contributed by atoms with E-state index in [0.717, 1.165) is 13.1 Å². The fourth-order valence-electron chi connectivity index (χ4n) is 1.74. The van der Waals surface area contributed by atoms with Crippen molar-refractivity contribution >= 4 is 17.3 Å². The molecule has 0 bridgehead atoms. The third-order valence-corrected chi connectivity index (χ3v) is 2.47. The second-order valence-electron chi connectivity index (χ2n) is 3.59. The minimum absolute atomic E-state index is 0.539. The summed E-state index contributed by atoms with van der Waals surface area (Å²) in [4.78, 5) is 4.32. The molecular weight excluding hydrogens is 170 g/mol. The van der Waals surface area contributed by atoms with E-state index in [1.54, 1.807) is 0 Å². The van der Waals surface area contributed by atoms with Crippen LogP contribution in [0.15, 0.2) is 0 Å². The predicted octanol–water partition coefficient (Wildman–Crippen LogP) is 0.256. The van der Waals surface area contributed by atoms with Crippen LogP contribution in [0.3, 0.4) is 0 Å². The van der Waals surface area contributed by atoms with Crippen LogP contribution < -0.4 is 5.73 Å². The summed E-state index contributed by atoms with van der Waals surface area (Å²) in [6, 6.07) is 0.539. The largest absolute Gasteiger partial charge is 0.376 e. The summed E-state index contributed by atoms with van der Waals surface area (Å²) >= 11 is 4.97. The van der Waals surface area contributed by atoms with E-state index >= 15 is 0 Å². The van der Waals surface area contributed by atoms with Crippen molar-refractivity contribution in [2.75, 3.05) is 27.2 Å². The van der Waals surface area contributed by atoms with E-state index in [1.807, 2.05) is 0 Å². The smallest absolute Gasteiger partial charge is 0.166 e. The van der Waals surface area contributed by atoms with Crippen molar-refractivity contribution in [1.82, 2.24) is 9.80 Å². The quantitative estimate of drug-likeness (QED) is 0.628. The number of nitrogens with zero attached hydrogens (tertiary/aromatic N) is 2. The molecule has 0 amide bonds. The van der Waals surface area contributed by atoms with E-state index in [0.29, 0.717) is 11.2 Å². The number of likely N-dealkylation sites (N-methyl/N-ethyl adjacent to an activating group) is 1. The van der Waals surface area contributed by atoms with Gasteiger partial charge in [-0.2, -0.15) is 0 Å². The Kier molecular flexibility index (Phi) is 3.29. The highest BCUT2D eigenvalue weighted by Gasteiger charge is 2.25. The number of nitrogens with two attached hydrogens (primary N) is 1. The normalized spacial score (nSPS) is 23.6. The minimum atomic E-state index is 0.539. The predicted molar refractivity (Wildman–Crippen MR) is 55.1 cm³/mol. The summed E-state index contributed by atoms with van der Waals surface area (Å²) in [7, 11) is 4.16. The van der Waals surface area contributed by atoms with Gasteiger partial charge in [0.05, 0.1) is 0 Å². The molecule has 70 valence electrons. The summed E-state index contributed by atoms with van der Waals surface area (Å²) in [6.45, 7) is 2.09. The van der Waals surface area contributed by atoms with Crippen LogP contribution in [-0.2, 0) is 0 Å². The van der Waals surface area contributed by atoms with Gasteiger partial charge in [0.25, 0.3) is 0 Å². The number of hydrogen-bond acceptors (Lipinski definition) is 2. The van der Waals surface area contributed by atoms with E-state index in [2.05, 4.69) is 23.9 Å². The van der Waals surface area contributed by atoms with E-state index in [4.69, 9.17) is 18.0 Å². The highest BCUT2D eigenvalue weighted by atomic mass is 32.1. The van der Waals surface area contributed by atoms with Crippen molar-refractivity contribution in [1.29, 1.82) is 0 Å². The van der Waals surface area contributed by atoms with Gasteiger partial charge in [0, 0.05) is 19.1 Å². The molecule has 0 radical (unpaired) electrons. The molecule has 2 N–H and O–H groups in total. The van der Waals surface area contributed by atoms with Crippen molar-refractivity contribution in [2.45, 2.75) is 18.9 Å². The van der Waals surface area contributed by atoms with E-state index in [9.17, 15) is 0 Å². The van der Waals surface area contributed by atoms with Crippen LogP contribution in [0, 0.1) is 0 Å². The van der Waals surface area contributed by atoms with E-state index in [1.165, 1.54) is 12.8 Å². The maximum atomic E-state index is 5.60. The molecule has 1 fully saturated rings. The van der Waals surface area contributed by atoms with Crippen molar-refractivity contribution in [2.24, 2.45) is 5.73 Å². The lowest BCUT2D eigenvalue weighted by Crippen LogP contribution is -2.43. The van der Waals surface area contributed by atoms with Crippen molar-refractivity contribution in [3.05, 3.63) is 0 Å². The molecule has 0 aromatic rings. The lowest BCUT2D eigenvalue weighted by molar-refractivity contribution is 0.287. The monoisotopic (exact) mass is 187 g/mol. The molecule has 0 aliphatic carbocycles. The standard InChI is InChI=1S/C8H17N3S/c1-10(2)6-7-4-3-5-11(7)8(9)12/h7H,3-6H2,1-2H3,(H2,9,12). The lowest BCUT2D eigenvalue weighted by Gasteiger charge is -2.27. The van der Waals surface area contributed by atoms with Crippen molar-refractivity contribution < 1.29 is 0 Å². The van der Waals surface area contributed by atoms with Crippen LogP contribution in [0.1, 0.15) is 12.8 Å². The summed E-state index contributed by atoms with van der Waals surface area (Å²) in [5, 5.41) is 0.555. The zero-order valence-electron chi connectivity index (χ0n) is 7.79. The summed E-state index contributed by atoms with van der Waals surface area (Å²) in [5.74, 6) is 0. The van der Waals surface area contributed by atoms with Gasteiger partial charge in [-0.15, -0.1) is 0 Å². The molecule has 3 nitrogen and oxygen atoms in total. The zero-order chi connectivity index (χ0) is 9.14. The highest BCUT2D eigenvalue weighted by Crippen LogP contribution is 2.16. The molecule has 1 atom stereocenters. The summed E-state index contributed by atoms with van der Waals surface area (Å²) in [6.07, 6.45) is 2.44. The topological polar surface area (TPSA) is 32.5 Å². The number of likely N-dealkylation sites (tertiary alicyclic amines) is 1. The molecule has 1 aliphatic rings. The third-order valence-electron chi connectivity index (χ3n) is 2.24. The summed E-state index contributed by atoms with van der Waals surface area (Å²) < 4.78 is 0. The first kappa shape index (κ1) is 9.74. The molecule has 4 heteroatoms. The van der Waals surface area contributed by atoms with Gasteiger partial charge >= 0.3 is 0 Å². The van der Waals surface area contributed by atoms with Crippen LogP contribution in [0.5, 0.6) is 0 Å². The van der Waals surface area contributed by atoms with Gasteiger partial charge in [-0.25, -0.2) is 0 Å². The molecule has 0 spiro atoms. The van der Waals surface area contributed by atoms with Gasteiger partial charge in [-0.3, -0.25) is 0 Å². The van der Waals surface area contributed by atoms with Gasteiger partial charge < -0.3 is 15.5 Å². The fraction of sp³-hybridized carbons (Fsp3) is 0.875. The molecule has 1 unspecified atom stereocenters. The molecule has 12 heavy (non-hydrogen) atoms. The first-order valence-electron chi connectivity index (χ1n) is 4.32. The van der Waals surface area contributed by atoms with Crippen LogP contribution in [0.25, 0.3) is 0 Å². The maximum Gasteiger partial charge on any atom is 0.166 e. The highest BCUT2D eigenvalue weighted by molar-refractivity contribution is 7.80. The molecule has 1 rings (SSSR count). The van der Waals surface area contributed by atoms with Gasteiger partial charge in [-0.1, -0.05) is 0 Å². The third kappa shape index (κ3) is 2.32. The van der Waals surface area contributed by atoms with Gasteiger partial charge in [0.2, 0.25) is 0 Å². The van der Waals surface area contributed by atoms with Crippen molar-refractivity contribution in [3.8, 4) is 0 Å². The second-order valence-corrected chi connectivity index (χ2v) is 4.01. The number of thiocarbonyl (C=S) groups is 1. The maximum absolute atomic E-state index is 5.60. The average molecular weight is 187 g/mol. The van der Waals surface area contributed by atoms with Crippen molar-refractivity contribution in [3.63, 3.8) is 0 Å². The zero-order valence-corrected chi connectivity index (χ0v) is 8.60. The first-order valence-corrected chi connectivity index (χ1v) is 4.73. The van der Waals surface area contributed by atoms with E-state index < -0.39 is 0 Å². The Labute approximate surface area is 79.5 Å². The SMILES string of the molecule is CN(C)CC1CCCN1C(N)=S. The minimum Gasteiger partial charge on any atom is -0.376 e. The van der Waals surface area contributed by atoms with Gasteiger partial charge in [-0.05, 0) is 39.2 Å². The van der Waals surface area contributed by atoms with Crippen LogP contribution in [-0.4, -0.2) is 48.1 Å². The van der Waals surface area contributed by atoms with Crippen LogP contribution in [0.4, 0.5) is 0 Å². The summed E-state index contributed by atoms with van der Waals surface area (Å²) in [5.41, 5.74) is 5.60. The Bertz CT molecular complexity index is 170. The van der Waals surface area contributed by atoms with Gasteiger partial charge in [0.15, 0.2) is 5.11 Å². The molecule has 0 aromatic carbocycles. The molecule has 0 saturated carbocycles. The fourth-order valence-corrected chi connectivity index (χ4v) is 1.98. The Morgan fingerprint density at radius 2 is 2.33 bits per heavy atom. The average Bonchev–Trinajstić information content (AvgIpc) is 2.33. The Hall–Kier alpha value is -0.350. The first-order chi connectivity index (χ1) is 5.61. The van der Waals surface area contributed by atoms with Crippen LogP contribution in [0.2, 0.25) is 0 Å². The van der Waals surface area contributed by atoms with E-state index in [-0.39, 0.29) is 0 Å². The second kappa shape index (κ2) is 4.05. The molecule has 0 aromatic heterocycles. The Balaban J connectivity index is 2.46. The van der Waals surface area contributed by atoms with Gasteiger partial charge in [0.1, 0.15) is 0 Å². The number of hydrogen-bond donors (Lipinski definition) is 1. The molecule has 1 heterocycles. The number of rotatable bonds is 2. The molecule has 1 saturated heterocycles. The molecular formula is C8H17N3S.